The predicted octanol–water partition coefficient (Wildman–Crippen LogP) is 3.52. The topological polar surface area (TPSA) is 15.3 Å². The van der Waals surface area contributed by atoms with E-state index in [-0.39, 0.29) is 0 Å². The van der Waals surface area contributed by atoms with Crippen molar-refractivity contribution in [1.82, 2.24) is 10.2 Å². The Morgan fingerprint density at radius 2 is 1.94 bits per heavy atom. The molecule has 108 valence electrons. The molecule has 0 aromatic heterocycles. The van der Waals surface area contributed by atoms with E-state index >= 15 is 0 Å². The van der Waals surface area contributed by atoms with Crippen LogP contribution in [0.4, 0.5) is 0 Å². The largest absolute Gasteiger partial charge is 0.313 e. The Bertz CT molecular complexity index is 203. The highest BCUT2D eigenvalue weighted by atomic mass is 15.1. The molecule has 1 heterocycles. The van der Waals surface area contributed by atoms with Gasteiger partial charge in [0.15, 0.2) is 0 Å². The first kappa shape index (κ1) is 16.0. The fourth-order valence-corrected chi connectivity index (χ4v) is 3.03. The Balaban J connectivity index is 2.33. The summed E-state index contributed by atoms with van der Waals surface area (Å²) >= 11 is 0. The lowest BCUT2D eigenvalue weighted by atomic mass is 9.89. The van der Waals surface area contributed by atoms with Gasteiger partial charge in [-0.05, 0) is 63.6 Å². The summed E-state index contributed by atoms with van der Waals surface area (Å²) in [6, 6.07) is 0.695. The second-order valence-electron chi connectivity index (χ2n) is 6.29. The average Bonchev–Trinajstić information content (AvgIpc) is 2.59. The fraction of sp³-hybridized carbons (Fsp3) is 1.00. The van der Waals surface area contributed by atoms with Gasteiger partial charge in [0.2, 0.25) is 0 Å². The molecular weight excluding hydrogens is 220 g/mol. The van der Waals surface area contributed by atoms with Gasteiger partial charge >= 0.3 is 0 Å². The molecule has 0 aromatic rings. The van der Waals surface area contributed by atoms with Crippen molar-refractivity contribution in [2.45, 2.75) is 65.8 Å². The van der Waals surface area contributed by atoms with Gasteiger partial charge in [0.1, 0.15) is 0 Å². The minimum absolute atomic E-state index is 0.695. The van der Waals surface area contributed by atoms with Crippen molar-refractivity contribution in [1.29, 1.82) is 0 Å². The van der Waals surface area contributed by atoms with Crippen LogP contribution in [-0.4, -0.2) is 37.1 Å². The molecule has 0 bridgehead atoms. The molecule has 2 atom stereocenters. The Hall–Kier alpha value is -0.0800. The van der Waals surface area contributed by atoms with Crippen LogP contribution in [0.5, 0.6) is 0 Å². The molecule has 2 heteroatoms. The zero-order valence-electron chi connectivity index (χ0n) is 13.0. The highest BCUT2D eigenvalue weighted by molar-refractivity contribution is 4.76. The lowest BCUT2D eigenvalue weighted by molar-refractivity contribution is 0.239. The second-order valence-corrected chi connectivity index (χ2v) is 6.29. The molecule has 0 spiro atoms. The van der Waals surface area contributed by atoms with Crippen molar-refractivity contribution in [2.24, 2.45) is 11.8 Å². The van der Waals surface area contributed by atoms with Crippen LogP contribution in [0.15, 0.2) is 0 Å². The molecule has 1 aliphatic rings. The van der Waals surface area contributed by atoms with E-state index in [2.05, 4.69) is 37.9 Å². The lowest BCUT2D eigenvalue weighted by Gasteiger charge is -2.26. The molecular formula is C16H34N2. The van der Waals surface area contributed by atoms with E-state index in [1.807, 2.05) is 0 Å². The molecule has 0 amide bonds. The molecule has 0 radical (unpaired) electrons. The number of likely N-dealkylation sites (tertiary alicyclic amines) is 1. The maximum Gasteiger partial charge on any atom is 0.0192 e. The minimum atomic E-state index is 0.695. The molecule has 2 nitrogen and oxygen atoms in total. The van der Waals surface area contributed by atoms with Crippen LogP contribution in [0.1, 0.15) is 59.8 Å². The molecule has 1 rings (SSSR count). The van der Waals surface area contributed by atoms with Gasteiger partial charge in [-0.15, -0.1) is 0 Å². The number of hydrogen-bond acceptors (Lipinski definition) is 2. The normalized spacial score (nSPS) is 24.2. The first-order chi connectivity index (χ1) is 8.67. The second kappa shape index (κ2) is 8.92. The van der Waals surface area contributed by atoms with Crippen LogP contribution >= 0.6 is 0 Å². The molecule has 0 aromatic carbocycles. The maximum atomic E-state index is 3.68. The SMILES string of the molecule is CCCNC(CC)CN1CCCC(C(C)C)CC1. The first-order valence-corrected chi connectivity index (χ1v) is 8.13. The summed E-state index contributed by atoms with van der Waals surface area (Å²) in [4.78, 5) is 2.69. The van der Waals surface area contributed by atoms with Crippen LogP contribution in [0.25, 0.3) is 0 Å². The molecule has 0 aliphatic carbocycles. The number of nitrogens with zero attached hydrogens (tertiary/aromatic N) is 1. The third-order valence-corrected chi connectivity index (χ3v) is 4.46. The van der Waals surface area contributed by atoms with E-state index in [4.69, 9.17) is 0 Å². The monoisotopic (exact) mass is 254 g/mol. The van der Waals surface area contributed by atoms with Crippen molar-refractivity contribution in [3.05, 3.63) is 0 Å². The Morgan fingerprint density at radius 3 is 2.56 bits per heavy atom. The van der Waals surface area contributed by atoms with Gasteiger partial charge in [-0.25, -0.2) is 0 Å². The van der Waals surface area contributed by atoms with Crippen molar-refractivity contribution in [2.75, 3.05) is 26.2 Å². The van der Waals surface area contributed by atoms with E-state index in [1.54, 1.807) is 0 Å². The van der Waals surface area contributed by atoms with Gasteiger partial charge in [-0.2, -0.15) is 0 Å². The summed E-state index contributed by atoms with van der Waals surface area (Å²) in [5.41, 5.74) is 0. The number of nitrogens with one attached hydrogen (secondary N) is 1. The number of rotatable bonds is 7. The van der Waals surface area contributed by atoms with Gasteiger partial charge < -0.3 is 10.2 Å². The van der Waals surface area contributed by atoms with Crippen LogP contribution in [-0.2, 0) is 0 Å². The maximum absolute atomic E-state index is 3.68. The van der Waals surface area contributed by atoms with Crippen molar-refractivity contribution < 1.29 is 0 Å². The molecule has 1 aliphatic heterocycles. The molecule has 1 N–H and O–H groups in total. The zero-order chi connectivity index (χ0) is 13.4. The Labute approximate surface area is 115 Å². The molecule has 18 heavy (non-hydrogen) atoms. The van der Waals surface area contributed by atoms with Crippen molar-refractivity contribution >= 4 is 0 Å². The third kappa shape index (κ3) is 5.71. The number of hydrogen-bond donors (Lipinski definition) is 1. The van der Waals surface area contributed by atoms with E-state index < -0.39 is 0 Å². The van der Waals surface area contributed by atoms with Gasteiger partial charge in [-0.1, -0.05) is 27.7 Å². The predicted molar refractivity (Wildman–Crippen MR) is 81.0 cm³/mol. The van der Waals surface area contributed by atoms with Crippen LogP contribution in [0.3, 0.4) is 0 Å². The molecule has 1 fully saturated rings. The van der Waals surface area contributed by atoms with Crippen LogP contribution < -0.4 is 5.32 Å². The summed E-state index contributed by atoms with van der Waals surface area (Å²) in [6.45, 7) is 14.4. The van der Waals surface area contributed by atoms with E-state index in [0.29, 0.717) is 6.04 Å². The Kier molecular flexibility index (Phi) is 7.92. The highest BCUT2D eigenvalue weighted by Gasteiger charge is 2.20. The standard InChI is InChI=1S/C16H34N2/c1-5-10-17-16(6-2)13-18-11-7-8-15(9-12-18)14(3)4/h14-17H,5-13H2,1-4H3. The smallest absolute Gasteiger partial charge is 0.0192 e. The molecule has 1 saturated heterocycles. The lowest BCUT2D eigenvalue weighted by Crippen LogP contribution is -2.41. The summed E-state index contributed by atoms with van der Waals surface area (Å²) < 4.78 is 0. The van der Waals surface area contributed by atoms with Gasteiger partial charge in [-0.3, -0.25) is 0 Å². The van der Waals surface area contributed by atoms with Gasteiger partial charge in [0.25, 0.3) is 0 Å². The minimum Gasteiger partial charge on any atom is -0.313 e. The fourth-order valence-electron chi connectivity index (χ4n) is 3.03. The van der Waals surface area contributed by atoms with Gasteiger partial charge in [0.05, 0.1) is 0 Å². The average molecular weight is 254 g/mol. The van der Waals surface area contributed by atoms with Crippen LogP contribution in [0.2, 0.25) is 0 Å². The zero-order valence-corrected chi connectivity index (χ0v) is 13.0. The summed E-state index contributed by atoms with van der Waals surface area (Å²) in [5.74, 6) is 1.82. The molecule has 0 saturated carbocycles. The molecule has 2 unspecified atom stereocenters. The first-order valence-electron chi connectivity index (χ1n) is 8.13. The summed E-state index contributed by atoms with van der Waals surface area (Å²) in [6.07, 6.45) is 6.73. The van der Waals surface area contributed by atoms with Crippen LogP contribution in [0, 0.1) is 11.8 Å². The third-order valence-electron chi connectivity index (χ3n) is 4.46. The van der Waals surface area contributed by atoms with E-state index in [1.165, 1.54) is 58.3 Å². The summed E-state index contributed by atoms with van der Waals surface area (Å²) in [7, 11) is 0. The quantitative estimate of drug-likeness (QED) is 0.748. The Morgan fingerprint density at radius 1 is 1.17 bits per heavy atom. The van der Waals surface area contributed by atoms with Crippen molar-refractivity contribution in [3.63, 3.8) is 0 Å². The highest BCUT2D eigenvalue weighted by Crippen LogP contribution is 2.24. The van der Waals surface area contributed by atoms with Gasteiger partial charge in [0, 0.05) is 12.6 Å². The van der Waals surface area contributed by atoms with E-state index in [9.17, 15) is 0 Å². The van der Waals surface area contributed by atoms with E-state index in [0.717, 1.165) is 11.8 Å². The van der Waals surface area contributed by atoms with Crippen molar-refractivity contribution in [3.8, 4) is 0 Å². The summed E-state index contributed by atoms with van der Waals surface area (Å²) in [5, 5.41) is 3.68.